The van der Waals surface area contributed by atoms with Crippen molar-refractivity contribution in [2.24, 2.45) is 5.92 Å². The Morgan fingerprint density at radius 1 is 1.00 bits per heavy atom. The maximum Gasteiger partial charge on any atom is 0.254 e. The number of halogens is 1. The minimum Gasteiger partial charge on any atom is -0.494 e. The van der Waals surface area contributed by atoms with Crippen LogP contribution in [0.1, 0.15) is 72.3 Å². The van der Waals surface area contributed by atoms with Crippen molar-refractivity contribution in [3.05, 3.63) is 94.3 Å². The fraction of sp³-hybridized carbons (Fsp3) is 0.375. The van der Waals surface area contributed by atoms with Crippen LogP contribution in [0.5, 0.6) is 5.75 Å². The third kappa shape index (κ3) is 5.59. The summed E-state index contributed by atoms with van der Waals surface area (Å²) in [6, 6.07) is 17.7. The molecule has 0 radical (unpaired) electrons. The number of ether oxygens (including phenoxy) is 1. The Bertz CT molecular complexity index is 1320. The van der Waals surface area contributed by atoms with Crippen LogP contribution in [-0.2, 0) is 10.2 Å². The number of hydrogen-bond donors (Lipinski definition) is 1. The first-order valence-corrected chi connectivity index (χ1v) is 13.1. The monoisotopic (exact) mass is 516 g/mol. The van der Waals surface area contributed by atoms with Gasteiger partial charge in [0.25, 0.3) is 5.91 Å². The number of benzene rings is 3. The Balaban J connectivity index is 1.74. The van der Waals surface area contributed by atoms with Gasteiger partial charge >= 0.3 is 0 Å². The largest absolute Gasteiger partial charge is 0.494 e. The lowest BCUT2D eigenvalue weighted by atomic mass is 9.82. The SMILES string of the molecule is COc1ccc(C2[C@@H](C(=O)Nc3cccc(C(C)(C)C)c3)CCCN2C(=O)c2c(C)cccc2C)cc1F. The smallest absolute Gasteiger partial charge is 0.254 e. The van der Waals surface area contributed by atoms with E-state index >= 15 is 0 Å². The summed E-state index contributed by atoms with van der Waals surface area (Å²) in [5, 5.41) is 3.09. The molecule has 2 amide bonds. The van der Waals surface area contributed by atoms with Gasteiger partial charge in [-0.1, -0.05) is 57.2 Å². The molecule has 1 aliphatic rings. The van der Waals surface area contributed by atoms with E-state index in [9.17, 15) is 14.0 Å². The number of anilines is 1. The van der Waals surface area contributed by atoms with Gasteiger partial charge in [-0.3, -0.25) is 9.59 Å². The zero-order valence-electron chi connectivity index (χ0n) is 23.1. The van der Waals surface area contributed by atoms with Gasteiger partial charge in [0, 0.05) is 17.8 Å². The zero-order chi connectivity index (χ0) is 27.6. The molecule has 1 heterocycles. The van der Waals surface area contributed by atoms with E-state index in [4.69, 9.17) is 4.74 Å². The number of rotatable bonds is 5. The number of hydrogen-bond acceptors (Lipinski definition) is 3. The average molecular weight is 517 g/mol. The normalized spacial score (nSPS) is 17.7. The number of nitrogens with one attached hydrogen (secondary N) is 1. The van der Waals surface area contributed by atoms with Crippen molar-refractivity contribution in [2.45, 2.75) is 58.9 Å². The minimum atomic E-state index is -0.624. The summed E-state index contributed by atoms with van der Waals surface area (Å²) >= 11 is 0. The number of likely N-dealkylation sites (tertiary alicyclic amines) is 1. The van der Waals surface area contributed by atoms with Crippen LogP contribution in [0, 0.1) is 25.6 Å². The molecule has 0 spiro atoms. The summed E-state index contributed by atoms with van der Waals surface area (Å²) in [6.07, 6.45) is 1.26. The van der Waals surface area contributed by atoms with Crippen molar-refractivity contribution in [1.82, 2.24) is 4.90 Å². The van der Waals surface area contributed by atoms with Crippen molar-refractivity contribution in [2.75, 3.05) is 19.0 Å². The quantitative estimate of drug-likeness (QED) is 0.398. The predicted octanol–water partition coefficient (Wildman–Crippen LogP) is 6.98. The van der Waals surface area contributed by atoms with E-state index in [-0.39, 0.29) is 23.0 Å². The van der Waals surface area contributed by atoms with E-state index in [1.807, 2.05) is 56.3 Å². The van der Waals surface area contributed by atoms with Gasteiger partial charge in [0.2, 0.25) is 5.91 Å². The van der Waals surface area contributed by atoms with Crippen LogP contribution in [0.25, 0.3) is 0 Å². The third-order valence-electron chi connectivity index (χ3n) is 7.44. The molecule has 200 valence electrons. The highest BCUT2D eigenvalue weighted by atomic mass is 19.1. The minimum absolute atomic E-state index is 0.0661. The van der Waals surface area contributed by atoms with Crippen LogP contribution in [0.3, 0.4) is 0 Å². The first-order valence-electron chi connectivity index (χ1n) is 13.1. The molecule has 3 aromatic carbocycles. The van der Waals surface area contributed by atoms with Gasteiger partial charge in [0.1, 0.15) is 0 Å². The number of carbonyl (C=O) groups is 2. The highest BCUT2D eigenvalue weighted by Gasteiger charge is 2.40. The topological polar surface area (TPSA) is 58.6 Å². The molecule has 1 unspecified atom stereocenters. The number of nitrogens with zero attached hydrogens (tertiary/aromatic N) is 1. The highest BCUT2D eigenvalue weighted by Crippen LogP contribution is 2.40. The summed E-state index contributed by atoms with van der Waals surface area (Å²) in [4.78, 5) is 29.5. The second kappa shape index (κ2) is 11.0. The lowest BCUT2D eigenvalue weighted by Crippen LogP contribution is -2.46. The molecule has 1 fully saturated rings. The molecule has 1 aliphatic heterocycles. The molecule has 2 atom stereocenters. The van der Waals surface area contributed by atoms with Crippen LogP contribution >= 0.6 is 0 Å². The summed E-state index contributed by atoms with van der Waals surface area (Å²) in [6.45, 7) is 10.7. The van der Waals surface area contributed by atoms with E-state index in [0.717, 1.165) is 16.7 Å². The standard InChI is InChI=1S/C32H37FN2O3/c1-20-10-7-11-21(2)28(20)31(37)35-17-9-14-25(29(35)22-15-16-27(38-6)26(33)18-22)30(36)34-24-13-8-12-23(19-24)32(3,4)5/h7-8,10-13,15-16,18-19,25,29H,9,14,17H2,1-6H3,(H,34,36)/t25-,29?/m0/s1. The molecule has 5 nitrogen and oxygen atoms in total. The Kier molecular flexibility index (Phi) is 7.91. The number of carbonyl (C=O) groups excluding carboxylic acids is 2. The van der Waals surface area contributed by atoms with Crippen LogP contribution in [0.4, 0.5) is 10.1 Å². The number of methoxy groups -OCH3 is 1. The van der Waals surface area contributed by atoms with Crippen molar-refractivity contribution in [1.29, 1.82) is 0 Å². The number of amides is 2. The molecule has 0 aromatic heterocycles. The highest BCUT2D eigenvalue weighted by molar-refractivity contribution is 5.99. The second-order valence-corrected chi connectivity index (χ2v) is 11.2. The summed E-state index contributed by atoms with van der Waals surface area (Å²) in [5.41, 5.74) is 4.71. The second-order valence-electron chi connectivity index (χ2n) is 11.2. The van der Waals surface area contributed by atoms with Gasteiger partial charge in [0.05, 0.1) is 19.1 Å². The van der Waals surface area contributed by atoms with Gasteiger partial charge in [-0.2, -0.15) is 0 Å². The Morgan fingerprint density at radius 3 is 2.32 bits per heavy atom. The number of aryl methyl sites for hydroxylation is 2. The van der Waals surface area contributed by atoms with Gasteiger partial charge in [-0.25, -0.2) is 4.39 Å². The van der Waals surface area contributed by atoms with E-state index in [1.54, 1.807) is 17.0 Å². The average Bonchev–Trinajstić information content (AvgIpc) is 2.87. The maximum atomic E-state index is 14.9. The Labute approximate surface area is 225 Å². The first kappa shape index (κ1) is 27.4. The van der Waals surface area contributed by atoms with Gasteiger partial charge in [0.15, 0.2) is 11.6 Å². The summed E-state index contributed by atoms with van der Waals surface area (Å²) in [5.74, 6) is -1.28. The van der Waals surface area contributed by atoms with Crippen molar-refractivity contribution < 1.29 is 18.7 Å². The van der Waals surface area contributed by atoms with E-state index in [0.29, 0.717) is 36.2 Å². The molecule has 3 aromatic rings. The van der Waals surface area contributed by atoms with E-state index < -0.39 is 17.8 Å². The molecule has 6 heteroatoms. The molecule has 38 heavy (non-hydrogen) atoms. The van der Waals surface area contributed by atoms with Crippen molar-refractivity contribution in [3.63, 3.8) is 0 Å². The lowest BCUT2D eigenvalue weighted by Gasteiger charge is -2.41. The molecule has 0 aliphatic carbocycles. The molecule has 0 bridgehead atoms. The zero-order valence-corrected chi connectivity index (χ0v) is 23.1. The molecular formula is C32H37FN2O3. The van der Waals surface area contributed by atoms with Gasteiger partial charge in [-0.15, -0.1) is 0 Å². The van der Waals surface area contributed by atoms with Crippen LogP contribution in [0.2, 0.25) is 0 Å². The van der Waals surface area contributed by atoms with Crippen LogP contribution in [0.15, 0.2) is 60.7 Å². The van der Waals surface area contributed by atoms with Crippen LogP contribution in [-0.4, -0.2) is 30.4 Å². The van der Waals surface area contributed by atoms with Gasteiger partial charge in [-0.05, 0) is 78.6 Å². The molecule has 4 rings (SSSR count). The molecule has 0 saturated carbocycles. The molecular weight excluding hydrogens is 479 g/mol. The predicted molar refractivity (Wildman–Crippen MR) is 149 cm³/mol. The first-order chi connectivity index (χ1) is 18.0. The summed E-state index contributed by atoms with van der Waals surface area (Å²) < 4.78 is 20.0. The van der Waals surface area contributed by atoms with Crippen molar-refractivity contribution >= 4 is 17.5 Å². The van der Waals surface area contributed by atoms with E-state index in [2.05, 4.69) is 26.1 Å². The van der Waals surface area contributed by atoms with Crippen LogP contribution < -0.4 is 10.1 Å². The Hall–Kier alpha value is -3.67. The number of piperidine rings is 1. The Morgan fingerprint density at radius 2 is 1.68 bits per heavy atom. The fourth-order valence-electron chi connectivity index (χ4n) is 5.37. The van der Waals surface area contributed by atoms with Gasteiger partial charge < -0.3 is 15.0 Å². The lowest BCUT2D eigenvalue weighted by molar-refractivity contribution is -0.123. The maximum absolute atomic E-state index is 14.9. The van der Waals surface area contributed by atoms with E-state index in [1.165, 1.54) is 13.2 Å². The van der Waals surface area contributed by atoms with Crippen molar-refractivity contribution in [3.8, 4) is 5.75 Å². The fourth-order valence-corrected chi connectivity index (χ4v) is 5.37. The molecule has 1 saturated heterocycles. The third-order valence-corrected chi connectivity index (χ3v) is 7.44. The summed E-state index contributed by atoms with van der Waals surface area (Å²) in [7, 11) is 1.41. The molecule has 1 N–H and O–H groups in total.